The second-order valence-corrected chi connectivity index (χ2v) is 8.33. The molecule has 0 aliphatic carbocycles. The number of nitrogens with zero attached hydrogens (tertiary/aromatic N) is 3. The molecule has 24 heavy (non-hydrogen) atoms. The number of aromatic nitrogens is 2. The summed E-state index contributed by atoms with van der Waals surface area (Å²) in [7, 11) is 0. The Morgan fingerprint density at radius 1 is 1.46 bits per heavy atom. The van der Waals surface area contributed by atoms with Gasteiger partial charge in [-0.05, 0) is 45.2 Å². The molecule has 2 atom stereocenters. The largest absolute Gasteiger partial charge is 0.339 e. The summed E-state index contributed by atoms with van der Waals surface area (Å²) in [5.74, 6) is 1.03. The fourth-order valence-corrected chi connectivity index (χ4v) is 5.14. The average molecular weight is 387 g/mol. The van der Waals surface area contributed by atoms with Crippen LogP contribution < -0.4 is 5.73 Å². The van der Waals surface area contributed by atoms with Crippen molar-refractivity contribution in [3.63, 3.8) is 0 Å². The zero-order valence-corrected chi connectivity index (χ0v) is 16.6. The first-order valence-corrected chi connectivity index (χ1v) is 9.64. The van der Waals surface area contributed by atoms with Crippen LogP contribution >= 0.6 is 35.5 Å². The molecule has 2 unspecified atom stereocenters. The zero-order valence-electron chi connectivity index (χ0n) is 14.1. The topological polar surface area (TPSA) is 72.1 Å². The first kappa shape index (κ1) is 19.4. The highest BCUT2D eigenvalue weighted by atomic mass is 35.5. The van der Waals surface area contributed by atoms with Crippen molar-refractivity contribution < 1.29 is 4.79 Å². The van der Waals surface area contributed by atoms with Gasteiger partial charge in [0.15, 0.2) is 0 Å². The van der Waals surface area contributed by atoms with E-state index in [1.165, 1.54) is 22.2 Å². The average Bonchev–Trinajstić information content (AvgIpc) is 3.06. The van der Waals surface area contributed by atoms with Crippen molar-refractivity contribution in [2.24, 2.45) is 11.7 Å². The Labute approximate surface area is 156 Å². The van der Waals surface area contributed by atoms with Crippen LogP contribution in [0.4, 0.5) is 0 Å². The van der Waals surface area contributed by atoms with Gasteiger partial charge in [-0.15, -0.1) is 23.7 Å². The molecule has 1 amide bonds. The van der Waals surface area contributed by atoms with Gasteiger partial charge in [0.2, 0.25) is 5.91 Å². The van der Waals surface area contributed by atoms with Gasteiger partial charge < -0.3 is 10.6 Å². The normalized spacial score (nSPS) is 20.4. The number of aryl methyl sites for hydroxylation is 2. The molecule has 132 valence electrons. The van der Waals surface area contributed by atoms with Crippen molar-refractivity contribution in [3.8, 4) is 0 Å². The van der Waals surface area contributed by atoms with Crippen LogP contribution in [0.2, 0.25) is 0 Å². The van der Waals surface area contributed by atoms with Gasteiger partial charge in [0.25, 0.3) is 0 Å². The first-order valence-electron chi connectivity index (χ1n) is 7.84. The van der Waals surface area contributed by atoms with Crippen LogP contribution in [-0.4, -0.2) is 45.7 Å². The maximum absolute atomic E-state index is 12.5. The number of likely N-dealkylation sites (tertiary alicyclic amines) is 1. The second-order valence-electron chi connectivity index (χ2n) is 6.16. The highest BCUT2D eigenvalue weighted by molar-refractivity contribution is 8.00. The Bertz CT molecular complexity index is 736. The number of hydrogen-bond donors (Lipinski definition) is 1. The number of amides is 1. The molecule has 3 heterocycles. The number of hydrogen-bond acceptors (Lipinski definition) is 6. The van der Waals surface area contributed by atoms with E-state index < -0.39 is 0 Å². The van der Waals surface area contributed by atoms with Crippen molar-refractivity contribution in [2.45, 2.75) is 38.3 Å². The highest BCUT2D eigenvalue weighted by Gasteiger charge is 2.31. The lowest BCUT2D eigenvalue weighted by atomic mass is 10.1. The molecule has 2 aromatic heterocycles. The van der Waals surface area contributed by atoms with E-state index in [-0.39, 0.29) is 24.4 Å². The van der Waals surface area contributed by atoms with E-state index in [0.717, 1.165) is 28.2 Å². The molecule has 1 aliphatic rings. The lowest BCUT2D eigenvalue weighted by Crippen LogP contribution is -2.35. The Balaban J connectivity index is 0.00000208. The lowest BCUT2D eigenvalue weighted by molar-refractivity contribution is -0.128. The van der Waals surface area contributed by atoms with E-state index in [0.29, 0.717) is 18.2 Å². The zero-order chi connectivity index (χ0) is 16.6. The van der Waals surface area contributed by atoms with Crippen molar-refractivity contribution >= 4 is 51.6 Å². The fraction of sp³-hybridized carbons (Fsp3) is 0.562. The molecule has 1 saturated heterocycles. The Morgan fingerprint density at radius 2 is 2.21 bits per heavy atom. The molecule has 0 spiro atoms. The maximum atomic E-state index is 12.5. The monoisotopic (exact) mass is 386 g/mol. The molecule has 8 heteroatoms. The molecular weight excluding hydrogens is 364 g/mol. The summed E-state index contributed by atoms with van der Waals surface area (Å²) in [4.78, 5) is 25.5. The van der Waals surface area contributed by atoms with Gasteiger partial charge in [-0.3, -0.25) is 4.79 Å². The van der Waals surface area contributed by atoms with Crippen molar-refractivity contribution in [1.82, 2.24) is 14.9 Å². The number of thioether (sulfide) groups is 1. The van der Waals surface area contributed by atoms with Crippen LogP contribution in [0.1, 0.15) is 23.8 Å². The van der Waals surface area contributed by atoms with E-state index in [1.807, 2.05) is 4.90 Å². The maximum Gasteiger partial charge on any atom is 0.233 e. The van der Waals surface area contributed by atoms with Gasteiger partial charge in [0.1, 0.15) is 16.2 Å². The first-order chi connectivity index (χ1) is 11.0. The minimum Gasteiger partial charge on any atom is -0.339 e. The van der Waals surface area contributed by atoms with Crippen LogP contribution in [0.5, 0.6) is 0 Å². The third kappa shape index (κ3) is 3.69. The predicted octanol–water partition coefficient (Wildman–Crippen LogP) is 3.02. The van der Waals surface area contributed by atoms with Gasteiger partial charge in [0, 0.05) is 22.8 Å². The molecule has 3 rings (SSSR count). The van der Waals surface area contributed by atoms with Crippen molar-refractivity contribution in [3.05, 3.63) is 16.8 Å². The van der Waals surface area contributed by atoms with E-state index in [9.17, 15) is 4.79 Å². The number of carbonyl (C=O) groups excluding carboxylic acids is 1. The molecule has 0 aromatic carbocycles. The number of rotatable bonds is 4. The molecule has 1 fully saturated rings. The van der Waals surface area contributed by atoms with E-state index in [2.05, 4.69) is 30.7 Å². The number of carbonyl (C=O) groups is 1. The third-order valence-electron chi connectivity index (χ3n) is 4.58. The summed E-state index contributed by atoms with van der Waals surface area (Å²) >= 11 is 3.20. The highest BCUT2D eigenvalue weighted by Crippen LogP contribution is 2.34. The smallest absolute Gasteiger partial charge is 0.233 e. The van der Waals surface area contributed by atoms with Gasteiger partial charge in [-0.25, -0.2) is 9.97 Å². The molecule has 0 saturated carbocycles. The third-order valence-corrected chi connectivity index (χ3v) is 6.67. The van der Waals surface area contributed by atoms with Crippen LogP contribution in [0.25, 0.3) is 10.2 Å². The standard InChI is InChI=1S/C16H22N4OS2.ClH/c1-9-4-12(5-17)6-20(9)13(21)7-22-15-14-10(2)11(3)23-16(14)19-8-18-15;/h8-9,12H,4-7,17H2,1-3H3;1H. The lowest BCUT2D eigenvalue weighted by Gasteiger charge is -2.21. The Hall–Kier alpha value is -0.890. The quantitative estimate of drug-likeness (QED) is 0.645. The fourth-order valence-electron chi connectivity index (χ4n) is 3.13. The second kappa shape index (κ2) is 7.99. The molecular formula is C16H23ClN4OS2. The summed E-state index contributed by atoms with van der Waals surface area (Å²) in [6.45, 7) is 7.74. The van der Waals surface area contributed by atoms with E-state index >= 15 is 0 Å². The number of fused-ring (bicyclic) bond motifs is 1. The number of halogens is 1. The van der Waals surface area contributed by atoms with Crippen LogP contribution in [0, 0.1) is 19.8 Å². The number of nitrogens with two attached hydrogens (primary N) is 1. The van der Waals surface area contributed by atoms with Crippen LogP contribution in [0.3, 0.4) is 0 Å². The van der Waals surface area contributed by atoms with Gasteiger partial charge in [-0.2, -0.15) is 0 Å². The molecule has 2 N–H and O–H groups in total. The summed E-state index contributed by atoms with van der Waals surface area (Å²) in [6.07, 6.45) is 2.60. The van der Waals surface area contributed by atoms with Crippen molar-refractivity contribution in [1.29, 1.82) is 0 Å². The number of thiophene rings is 1. The van der Waals surface area contributed by atoms with E-state index in [1.54, 1.807) is 17.7 Å². The summed E-state index contributed by atoms with van der Waals surface area (Å²) in [6, 6.07) is 0.284. The SMILES string of the molecule is Cc1sc2ncnc(SCC(=O)N3CC(CN)CC3C)c2c1C.Cl. The minimum absolute atomic E-state index is 0. The van der Waals surface area contributed by atoms with Gasteiger partial charge in [0.05, 0.1) is 5.75 Å². The van der Waals surface area contributed by atoms with Crippen molar-refractivity contribution in [2.75, 3.05) is 18.8 Å². The summed E-state index contributed by atoms with van der Waals surface area (Å²) in [5, 5.41) is 2.01. The Kier molecular flexibility index (Phi) is 6.47. The molecule has 0 bridgehead atoms. The predicted molar refractivity (Wildman–Crippen MR) is 103 cm³/mol. The molecule has 1 aliphatic heterocycles. The molecule has 5 nitrogen and oxygen atoms in total. The molecule has 2 aromatic rings. The minimum atomic E-state index is 0. The van der Waals surface area contributed by atoms with Crippen LogP contribution in [-0.2, 0) is 4.79 Å². The molecule has 0 radical (unpaired) electrons. The van der Waals surface area contributed by atoms with Gasteiger partial charge >= 0.3 is 0 Å². The van der Waals surface area contributed by atoms with Gasteiger partial charge in [-0.1, -0.05) is 11.8 Å². The summed E-state index contributed by atoms with van der Waals surface area (Å²) < 4.78 is 0. The van der Waals surface area contributed by atoms with E-state index in [4.69, 9.17) is 5.73 Å². The van der Waals surface area contributed by atoms with Crippen LogP contribution in [0.15, 0.2) is 11.4 Å². The summed E-state index contributed by atoms with van der Waals surface area (Å²) in [5.41, 5.74) is 6.97. The Morgan fingerprint density at radius 3 is 2.88 bits per heavy atom.